The van der Waals surface area contributed by atoms with Gasteiger partial charge in [0.15, 0.2) is 0 Å². The van der Waals surface area contributed by atoms with Gasteiger partial charge in [-0.05, 0) is 65.2 Å². The van der Waals surface area contributed by atoms with Gasteiger partial charge in [0.05, 0.1) is 32.6 Å². The zero-order valence-electron chi connectivity index (χ0n) is 26.7. The van der Waals surface area contributed by atoms with Crippen LogP contribution in [0.1, 0.15) is 58.7 Å². The number of nitrogens with two attached hydrogens (primary N) is 1. The quantitative estimate of drug-likeness (QED) is 0.234. The molecule has 0 bridgehead atoms. The van der Waals surface area contributed by atoms with Gasteiger partial charge >= 0.3 is 12.1 Å². The molecule has 4 atom stereocenters. The number of aliphatic carboxylic acids is 1. The van der Waals surface area contributed by atoms with E-state index in [0.29, 0.717) is 36.5 Å². The number of carboxylic acids is 1. The van der Waals surface area contributed by atoms with Crippen LogP contribution in [0.15, 0.2) is 30.5 Å². The number of carbonyl (C=O) groups is 4. The van der Waals surface area contributed by atoms with Crippen molar-refractivity contribution in [3.8, 4) is 5.75 Å². The molecule has 1 aromatic carbocycles. The number of hydrogen-bond acceptors (Lipinski definition) is 10. The van der Waals surface area contributed by atoms with Crippen LogP contribution in [0.25, 0.3) is 0 Å². The number of rotatable bonds is 14. The molecular formula is C30H45N7O8. The van der Waals surface area contributed by atoms with E-state index in [1.54, 1.807) is 62.8 Å². The fourth-order valence-electron chi connectivity index (χ4n) is 4.98. The maximum atomic E-state index is 14.0. The average Bonchev–Trinajstić information content (AvgIpc) is 3.60. The Balaban J connectivity index is 1.88. The van der Waals surface area contributed by atoms with Gasteiger partial charge in [0.1, 0.15) is 34.7 Å². The maximum absolute atomic E-state index is 14.0. The van der Waals surface area contributed by atoms with E-state index < -0.39 is 53.2 Å². The van der Waals surface area contributed by atoms with E-state index in [-0.39, 0.29) is 26.0 Å². The predicted molar refractivity (Wildman–Crippen MR) is 162 cm³/mol. The van der Waals surface area contributed by atoms with Crippen molar-refractivity contribution >= 4 is 23.9 Å². The fourth-order valence-corrected chi connectivity index (χ4v) is 4.98. The second-order valence-electron chi connectivity index (χ2n) is 12.2. The number of carbonyl (C=O) groups excluding carboxylic acids is 3. The zero-order chi connectivity index (χ0) is 33.4. The zero-order valence-corrected chi connectivity index (χ0v) is 26.7. The Hall–Kier alpha value is -4.24. The average molecular weight is 632 g/mol. The van der Waals surface area contributed by atoms with Crippen LogP contribution in [-0.4, -0.2) is 98.4 Å². The predicted octanol–water partition coefficient (Wildman–Crippen LogP) is 1.24. The number of alkyl carbamates (subject to hydrolysis) is 1. The Kier molecular flexibility index (Phi) is 11.9. The van der Waals surface area contributed by atoms with Gasteiger partial charge in [-0.3, -0.25) is 14.3 Å². The van der Waals surface area contributed by atoms with Gasteiger partial charge in [-0.15, -0.1) is 5.10 Å². The molecule has 1 aliphatic rings. The number of amides is 3. The van der Waals surface area contributed by atoms with Crippen LogP contribution in [0, 0.1) is 0 Å². The summed E-state index contributed by atoms with van der Waals surface area (Å²) in [6, 6.07) is 4.51. The smallest absolute Gasteiger partial charge is 0.408 e. The molecule has 3 amide bonds. The van der Waals surface area contributed by atoms with Crippen molar-refractivity contribution in [3.05, 3.63) is 41.7 Å². The van der Waals surface area contributed by atoms with E-state index in [4.69, 9.17) is 19.9 Å². The second kappa shape index (κ2) is 15.2. The van der Waals surface area contributed by atoms with Crippen LogP contribution >= 0.6 is 0 Å². The molecular weight excluding hydrogens is 586 g/mol. The minimum Gasteiger partial charge on any atom is -0.497 e. The van der Waals surface area contributed by atoms with Crippen LogP contribution in [0.3, 0.4) is 0 Å². The van der Waals surface area contributed by atoms with Crippen molar-refractivity contribution in [3.63, 3.8) is 0 Å². The van der Waals surface area contributed by atoms with Crippen molar-refractivity contribution in [1.29, 1.82) is 0 Å². The van der Waals surface area contributed by atoms with Gasteiger partial charge in [-0.25, -0.2) is 9.59 Å². The molecule has 248 valence electrons. The molecule has 1 aromatic heterocycles. The summed E-state index contributed by atoms with van der Waals surface area (Å²) < 4.78 is 18.1. The third-order valence-corrected chi connectivity index (χ3v) is 7.44. The number of aromatic nitrogens is 3. The van der Waals surface area contributed by atoms with Gasteiger partial charge in [0.2, 0.25) is 11.8 Å². The van der Waals surface area contributed by atoms with E-state index in [1.807, 2.05) is 0 Å². The summed E-state index contributed by atoms with van der Waals surface area (Å²) in [4.78, 5) is 54.1. The van der Waals surface area contributed by atoms with E-state index in [1.165, 1.54) is 18.9 Å². The van der Waals surface area contributed by atoms with Crippen molar-refractivity contribution in [2.24, 2.45) is 5.73 Å². The molecule has 15 heteroatoms. The first-order valence-electron chi connectivity index (χ1n) is 14.8. The van der Waals surface area contributed by atoms with E-state index in [2.05, 4.69) is 20.9 Å². The minimum absolute atomic E-state index is 0.0233. The molecule has 2 aromatic rings. The Morgan fingerprint density at radius 3 is 2.44 bits per heavy atom. The Morgan fingerprint density at radius 1 is 1.16 bits per heavy atom. The molecule has 0 aliphatic carbocycles. The number of likely N-dealkylation sites (tertiary alicyclic amines) is 1. The SMILES string of the molecule is COc1ccc(C[C@H](NC(=O)[C@@H](NC(=O)OC(C)(C)C)[C@@H](C)OCc2cn(CCN)nn2)C(=O)N2CCC[C@@]2(C)C(=O)O)cc1. The van der Waals surface area contributed by atoms with Crippen LogP contribution < -0.4 is 21.1 Å². The number of nitrogens with one attached hydrogen (secondary N) is 2. The van der Waals surface area contributed by atoms with Crippen molar-refractivity contribution in [2.75, 3.05) is 20.2 Å². The van der Waals surface area contributed by atoms with Gasteiger partial charge in [-0.2, -0.15) is 0 Å². The Morgan fingerprint density at radius 2 is 1.84 bits per heavy atom. The molecule has 0 saturated carbocycles. The van der Waals surface area contributed by atoms with Crippen LogP contribution in [-0.2, 0) is 43.4 Å². The summed E-state index contributed by atoms with van der Waals surface area (Å²) in [7, 11) is 1.53. The third-order valence-electron chi connectivity index (χ3n) is 7.44. The minimum atomic E-state index is -1.42. The molecule has 1 fully saturated rings. The first kappa shape index (κ1) is 35.2. The molecule has 0 unspecified atom stereocenters. The normalized spacial score (nSPS) is 18.5. The number of methoxy groups -OCH3 is 1. The number of hydrogen-bond donors (Lipinski definition) is 4. The molecule has 0 spiro atoms. The van der Waals surface area contributed by atoms with Gasteiger partial charge in [0.25, 0.3) is 0 Å². The summed E-state index contributed by atoms with van der Waals surface area (Å²) in [5.41, 5.74) is 4.49. The summed E-state index contributed by atoms with van der Waals surface area (Å²) in [6.45, 7) is 9.19. The highest BCUT2D eigenvalue weighted by atomic mass is 16.6. The summed E-state index contributed by atoms with van der Waals surface area (Å²) in [6.07, 6.45) is 0.726. The van der Waals surface area contributed by atoms with Gasteiger partial charge in [-0.1, -0.05) is 17.3 Å². The van der Waals surface area contributed by atoms with Crippen LogP contribution in [0.4, 0.5) is 4.79 Å². The largest absolute Gasteiger partial charge is 0.497 e. The standard InChI is InChI=1S/C30H45N7O8/c1-19(44-18-21-17-36(15-13-31)35-34-21)24(33-28(42)45-29(2,3)4)25(38)32-23(16-20-8-10-22(43-6)11-9-20)26(39)37-14-7-12-30(37,5)27(40)41/h8-11,17,19,23-24H,7,12-16,18,31H2,1-6H3,(H,32,38)(H,33,42)(H,40,41)/t19-,23+,24+,30+/m1/s1. The second-order valence-corrected chi connectivity index (χ2v) is 12.2. The van der Waals surface area contributed by atoms with Crippen molar-refractivity contribution < 1.29 is 38.5 Å². The van der Waals surface area contributed by atoms with E-state index in [0.717, 1.165) is 0 Å². The highest BCUT2D eigenvalue weighted by Gasteiger charge is 2.48. The van der Waals surface area contributed by atoms with Crippen molar-refractivity contribution in [2.45, 2.75) is 96.4 Å². The number of benzene rings is 1. The maximum Gasteiger partial charge on any atom is 0.408 e. The molecule has 1 saturated heterocycles. The number of nitrogens with zero attached hydrogens (tertiary/aromatic N) is 4. The van der Waals surface area contributed by atoms with Crippen LogP contribution in [0.5, 0.6) is 5.75 Å². The van der Waals surface area contributed by atoms with Gasteiger partial charge < -0.3 is 40.6 Å². The molecule has 2 heterocycles. The highest BCUT2D eigenvalue weighted by Crippen LogP contribution is 2.30. The molecule has 15 nitrogen and oxygen atoms in total. The number of carboxylic acid groups (broad SMARTS) is 1. The summed E-state index contributed by atoms with van der Waals surface area (Å²) in [5.74, 6) is -1.79. The van der Waals surface area contributed by atoms with Crippen molar-refractivity contribution in [1.82, 2.24) is 30.5 Å². The molecule has 3 rings (SSSR count). The molecule has 0 radical (unpaired) electrons. The molecule has 45 heavy (non-hydrogen) atoms. The first-order valence-corrected chi connectivity index (χ1v) is 14.8. The lowest BCUT2D eigenvalue weighted by atomic mass is 9.97. The Bertz CT molecular complexity index is 1330. The first-order chi connectivity index (χ1) is 21.2. The van der Waals surface area contributed by atoms with Gasteiger partial charge in [0, 0.05) is 19.5 Å². The summed E-state index contributed by atoms with van der Waals surface area (Å²) in [5, 5.41) is 23.3. The Labute approximate surface area is 262 Å². The van der Waals surface area contributed by atoms with E-state index >= 15 is 0 Å². The number of ether oxygens (including phenoxy) is 3. The lowest BCUT2D eigenvalue weighted by molar-refractivity contribution is -0.156. The fraction of sp³-hybridized carbons (Fsp3) is 0.600. The van der Waals surface area contributed by atoms with Crippen LogP contribution in [0.2, 0.25) is 0 Å². The third kappa shape index (κ3) is 9.62. The lowest BCUT2D eigenvalue weighted by Gasteiger charge is -2.35. The monoisotopic (exact) mass is 631 g/mol. The topological polar surface area (TPSA) is 200 Å². The molecule has 5 N–H and O–H groups in total. The highest BCUT2D eigenvalue weighted by molar-refractivity contribution is 5.94. The molecule has 1 aliphatic heterocycles. The lowest BCUT2D eigenvalue weighted by Crippen LogP contribution is -2.61. The van der Waals surface area contributed by atoms with E-state index in [9.17, 15) is 24.3 Å². The summed E-state index contributed by atoms with van der Waals surface area (Å²) >= 11 is 0.